The molecule has 0 spiro atoms. The van der Waals surface area contributed by atoms with Gasteiger partial charge in [0.25, 0.3) is 0 Å². The van der Waals surface area contributed by atoms with Crippen LogP contribution in [-0.2, 0) is 13.6 Å². The molecule has 0 radical (unpaired) electrons. The lowest BCUT2D eigenvalue weighted by Crippen LogP contribution is -2.37. The highest BCUT2D eigenvalue weighted by atomic mass is 32.2. The van der Waals surface area contributed by atoms with Crippen molar-refractivity contribution < 1.29 is 14.6 Å². The number of ether oxygens (including phenoxy) is 1. The average Bonchev–Trinajstić information content (AvgIpc) is 3.33. The van der Waals surface area contributed by atoms with Gasteiger partial charge in [-0.2, -0.15) is 4.98 Å². The van der Waals surface area contributed by atoms with E-state index in [1.807, 2.05) is 39.1 Å². The Labute approximate surface area is 288 Å². The lowest BCUT2D eigenvalue weighted by molar-refractivity contribution is 0.0696. The third-order valence-electron chi connectivity index (χ3n) is 7.82. The number of aromatic nitrogens is 4. The molecule has 48 heavy (non-hydrogen) atoms. The fourth-order valence-electron chi connectivity index (χ4n) is 5.52. The van der Waals surface area contributed by atoms with E-state index in [-0.39, 0.29) is 17.0 Å². The number of rotatable bonds is 12. The lowest BCUT2D eigenvalue weighted by atomic mass is 9.88. The van der Waals surface area contributed by atoms with Gasteiger partial charge in [-0.05, 0) is 92.1 Å². The Kier molecular flexibility index (Phi) is 12.2. The van der Waals surface area contributed by atoms with E-state index in [0.717, 1.165) is 50.4 Å². The minimum absolute atomic E-state index is 0.0378. The third-order valence-corrected chi connectivity index (χ3v) is 8.59. The van der Waals surface area contributed by atoms with E-state index >= 15 is 0 Å². The molecule has 3 N–H and O–H groups in total. The van der Waals surface area contributed by atoms with Crippen LogP contribution in [0.2, 0.25) is 0 Å². The van der Waals surface area contributed by atoms with Crippen LogP contribution in [0.4, 0.5) is 5.95 Å². The van der Waals surface area contributed by atoms with Gasteiger partial charge >= 0.3 is 5.97 Å². The Morgan fingerprint density at radius 2 is 1.67 bits per heavy atom. The fraction of sp³-hybridized carbons (Fsp3) is 0.368. The standard InChI is InChI=1S/C36H42N6O3S.C2H6/c1-22-10-8-11-23(2)32(22)30-18-31(40-35(39-30)41-46-29-13-9-12-26(17-29)34(43)44)45-21-28(19-36(4,5)6)37-20-27-15-14-25-16-24(3)42(7)33(25)38-27;1-2/h8-18,28,37H,19-21H2,1-7H3,(H,43,44)(H,39,40,41);1-2H3. The van der Waals surface area contributed by atoms with Gasteiger partial charge in [0.05, 0.1) is 17.0 Å². The highest BCUT2D eigenvalue weighted by molar-refractivity contribution is 8.00. The molecular weight excluding hydrogens is 621 g/mol. The second-order valence-electron chi connectivity index (χ2n) is 12.9. The van der Waals surface area contributed by atoms with Gasteiger partial charge in [0, 0.05) is 47.2 Å². The second-order valence-corrected chi connectivity index (χ2v) is 13.8. The van der Waals surface area contributed by atoms with Crippen molar-refractivity contribution in [1.29, 1.82) is 0 Å². The molecular formula is C38H48N6O3S. The van der Waals surface area contributed by atoms with Crippen LogP contribution in [0.25, 0.3) is 22.3 Å². The van der Waals surface area contributed by atoms with E-state index in [4.69, 9.17) is 19.7 Å². The first kappa shape index (κ1) is 36.4. The Morgan fingerprint density at radius 1 is 0.958 bits per heavy atom. The van der Waals surface area contributed by atoms with Gasteiger partial charge in [0.2, 0.25) is 11.8 Å². The molecule has 2 aromatic carbocycles. The minimum Gasteiger partial charge on any atom is -0.478 e. The smallest absolute Gasteiger partial charge is 0.335 e. The predicted octanol–water partition coefficient (Wildman–Crippen LogP) is 8.77. The number of carboxylic acid groups (broad SMARTS) is 1. The Balaban J connectivity index is 0.00000255. The Morgan fingerprint density at radius 3 is 2.35 bits per heavy atom. The molecule has 1 unspecified atom stereocenters. The van der Waals surface area contributed by atoms with Crippen molar-refractivity contribution in [2.45, 2.75) is 79.3 Å². The highest BCUT2D eigenvalue weighted by Crippen LogP contribution is 2.31. The molecule has 10 heteroatoms. The summed E-state index contributed by atoms with van der Waals surface area (Å²) in [5.41, 5.74) is 7.39. The van der Waals surface area contributed by atoms with Crippen LogP contribution in [0.5, 0.6) is 5.88 Å². The van der Waals surface area contributed by atoms with E-state index < -0.39 is 5.97 Å². The number of carboxylic acids is 1. The number of benzene rings is 2. The van der Waals surface area contributed by atoms with Crippen molar-refractivity contribution in [3.63, 3.8) is 0 Å². The SMILES string of the molecule is CC.Cc1cccc(C)c1-c1cc(OCC(CC(C)(C)C)NCc2ccc3cc(C)n(C)c3n2)nc(NSc2cccc(C(=O)O)c2)n1. The quantitative estimate of drug-likeness (QED) is 0.112. The molecule has 5 rings (SSSR count). The summed E-state index contributed by atoms with van der Waals surface area (Å²) in [7, 11) is 2.04. The molecule has 0 bridgehead atoms. The summed E-state index contributed by atoms with van der Waals surface area (Å²) >= 11 is 1.25. The van der Waals surface area contributed by atoms with Crippen molar-refractivity contribution in [2.75, 3.05) is 11.3 Å². The summed E-state index contributed by atoms with van der Waals surface area (Å²) in [6, 6.07) is 21.2. The summed E-state index contributed by atoms with van der Waals surface area (Å²) in [5, 5.41) is 14.2. The average molecular weight is 669 g/mol. The minimum atomic E-state index is -0.976. The number of fused-ring (bicyclic) bond motifs is 1. The highest BCUT2D eigenvalue weighted by Gasteiger charge is 2.21. The lowest BCUT2D eigenvalue weighted by Gasteiger charge is -2.27. The van der Waals surface area contributed by atoms with Gasteiger partial charge in [-0.3, -0.25) is 4.72 Å². The normalized spacial score (nSPS) is 11.9. The number of hydrogen-bond donors (Lipinski definition) is 3. The number of nitrogens with zero attached hydrogens (tertiary/aromatic N) is 4. The molecule has 254 valence electrons. The van der Waals surface area contributed by atoms with E-state index in [0.29, 0.717) is 25.0 Å². The molecule has 3 heterocycles. The van der Waals surface area contributed by atoms with Crippen LogP contribution in [0.3, 0.4) is 0 Å². The number of carbonyl (C=O) groups is 1. The first-order chi connectivity index (χ1) is 22.9. The second kappa shape index (κ2) is 16.1. The third kappa shape index (κ3) is 9.58. The van der Waals surface area contributed by atoms with Crippen LogP contribution >= 0.6 is 11.9 Å². The van der Waals surface area contributed by atoms with Crippen LogP contribution in [0, 0.1) is 26.2 Å². The maximum absolute atomic E-state index is 11.5. The van der Waals surface area contributed by atoms with Crippen molar-refractivity contribution in [2.24, 2.45) is 12.5 Å². The first-order valence-electron chi connectivity index (χ1n) is 16.4. The molecule has 0 saturated heterocycles. The molecule has 3 aromatic heterocycles. The van der Waals surface area contributed by atoms with Gasteiger partial charge < -0.3 is 19.7 Å². The number of hydrogen-bond acceptors (Lipinski definition) is 8. The van der Waals surface area contributed by atoms with Crippen molar-refractivity contribution in [1.82, 2.24) is 24.8 Å². The van der Waals surface area contributed by atoms with E-state index in [2.05, 4.69) is 86.5 Å². The zero-order valence-corrected chi connectivity index (χ0v) is 30.3. The Bertz CT molecular complexity index is 1840. The summed E-state index contributed by atoms with van der Waals surface area (Å²) < 4.78 is 11.7. The number of aromatic carboxylic acids is 1. The van der Waals surface area contributed by atoms with Crippen LogP contribution in [0.15, 0.2) is 71.6 Å². The molecule has 5 aromatic rings. The zero-order valence-electron chi connectivity index (χ0n) is 29.5. The zero-order chi connectivity index (χ0) is 35.0. The van der Waals surface area contributed by atoms with E-state index in [1.165, 1.54) is 17.6 Å². The van der Waals surface area contributed by atoms with Crippen LogP contribution in [-0.4, -0.2) is 43.2 Å². The summed E-state index contributed by atoms with van der Waals surface area (Å²) in [6.45, 7) is 17.9. The molecule has 0 aliphatic rings. The van der Waals surface area contributed by atoms with E-state index in [9.17, 15) is 9.90 Å². The molecule has 0 fully saturated rings. The molecule has 0 amide bonds. The topological polar surface area (TPSA) is 114 Å². The summed E-state index contributed by atoms with van der Waals surface area (Å²) in [6.07, 6.45) is 0.883. The molecule has 0 aliphatic carbocycles. The number of nitrogens with one attached hydrogen (secondary N) is 2. The van der Waals surface area contributed by atoms with Crippen molar-refractivity contribution >= 4 is 34.9 Å². The molecule has 1 atom stereocenters. The van der Waals surface area contributed by atoms with Crippen LogP contribution < -0.4 is 14.8 Å². The summed E-state index contributed by atoms with van der Waals surface area (Å²) in [4.78, 5) is 26.6. The molecule has 0 aliphatic heterocycles. The predicted molar refractivity (Wildman–Crippen MR) is 197 cm³/mol. The van der Waals surface area contributed by atoms with Gasteiger partial charge in [-0.25, -0.2) is 14.8 Å². The monoisotopic (exact) mass is 668 g/mol. The van der Waals surface area contributed by atoms with Gasteiger partial charge in [-0.1, -0.05) is 58.9 Å². The maximum atomic E-state index is 11.5. The number of anilines is 1. The van der Waals surface area contributed by atoms with Crippen LogP contribution in [0.1, 0.15) is 73.9 Å². The van der Waals surface area contributed by atoms with Crippen molar-refractivity contribution in [3.8, 4) is 17.1 Å². The van der Waals surface area contributed by atoms with Gasteiger partial charge in [0.1, 0.15) is 12.3 Å². The number of pyridine rings is 1. The number of aryl methyl sites for hydroxylation is 4. The Hall–Kier alpha value is -4.41. The van der Waals surface area contributed by atoms with Gasteiger partial charge in [0.15, 0.2) is 0 Å². The largest absolute Gasteiger partial charge is 0.478 e. The van der Waals surface area contributed by atoms with Gasteiger partial charge in [-0.15, -0.1) is 0 Å². The molecule has 0 saturated carbocycles. The maximum Gasteiger partial charge on any atom is 0.335 e. The van der Waals surface area contributed by atoms with Crippen molar-refractivity contribution in [3.05, 3.63) is 94.8 Å². The fourth-order valence-corrected chi connectivity index (χ4v) is 6.15. The first-order valence-corrected chi connectivity index (χ1v) is 17.2. The summed E-state index contributed by atoms with van der Waals surface area (Å²) in [5.74, 6) is -0.151. The van der Waals surface area contributed by atoms with E-state index in [1.54, 1.807) is 18.2 Å². The molecule has 9 nitrogen and oxygen atoms in total.